The van der Waals surface area contributed by atoms with Crippen LogP contribution in [0.15, 0.2) is 82.8 Å². The number of nitrogens with one attached hydrogen (secondary N) is 1. The Morgan fingerprint density at radius 1 is 1.03 bits per heavy atom. The van der Waals surface area contributed by atoms with E-state index in [0.29, 0.717) is 11.0 Å². The third-order valence-corrected chi connectivity index (χ3v) is 6.51. The fraction of sp³-hybridized carbons (Fsp3) is 0.154. The number of thioether (sulfide) groups is 1. The minimum atomic E-state index is -0.623. The number of fused-ring (bicyclic) bond motifs is 3. The number of amides is 2. The molecule has 5 rings (SSSR count). The van der Waals surface area contributed by atoms with E-state index in [1.54, 1.807) is 4.90 Å². The molecule has 3 aromatic rings. The first kappa shape index (κ1) is 21.2. The van der Waals surface area contributed by atoms with Crippen LogP contribution in [0.3, 0.4) is 0 Å². The lowest BCUT2D eigenvalue weighted by atomic mass is 10.1. The maximum absolute atomic E-state index is 13.4. The lowest BCUT2D eigenvalue weighted by Gasteiger charge is -2.25. The average molecular weight is 455 g/mol. The van der Waals surface area contributed by atoms with Crippen molar-refractivity contribution < 1.29 is 9.59 Å². The van der Waals surface area contributed by atoms with Crippen LogP contribution < -0.4 is 5.32 Å². The number of aliphatic imine (C=N–C) groups is 2. The summed E-state index contributed by atoms with van der Waals surface area (Å²) in [4.78, 5) is 37.1. The van der Waals surface area contributed by atoms with Crippen LogP contribution in [0.5, 0.6) is 0 Å². The molecule has 33 heavy (non-hydrogen) atoms. The summed E-state index contributed by atoms with van der Waals surface area (Å²) in [5.74, 6) is 0.392. The molecule has 0 unspecified atom stereocenters. The molecule has 0 aromatic heterocycles. The molecule has 2 aliphatic heterocycles. The third kappa shape index (κ3) is 4.07. The number of anilines is 1. The van der Waals surface area contributed by atoms with Gasteiger partial charge in [0.05, 0.1) is 11.4 Å². The molecule has 0 saturated heterocycles. The van der Waals surface area contributed by atoms with Crippen LogP contribution in [0.1, 0.15) is 28.3 Å². The molecule has 0 aliphatic carbocycles. The van der Waals surface area contributed by atoms with E-state index in [0.717, 1.165) is 33.6 Å². The highest BCUT2D eigenvalue weighted by Crippen LogP contribution is 2.37. The fourth-order valence-corrected chi connectivity index (χ4v) is 4.77. The summed E-state index contributed by atoms with van der Waals surface area (Å²) >= 11 is 1.24. The molecule has 6 nitrogen and oxygen atoms in total. The Kier molecular flexibility index (Phi) is 5.56. The Balaban J connectivity index is 1.40. The number of rotatable bonds is 4. The number of aryl methyl sites for hydroxylation is 2. The zero-order valence-electron chi connectivity index (χ0n) is 18.3. The van der Waals surface area contributed by atoms with Gasteiger partial charge in [0.25, 0.3) is 5.91 Å². The van der Waals surface area contributed by atoms with Crippen LogP contribution in [0, 0.1) is 13.8 Å². The summed E-state index contributed by atoms with van der Waals surface area (Å²) in [5, 5.41) is 3.42. The molecule has 2 amide bonds. The lowest BCUT2D eigenvalue weighted by molar-refractivity contribution is -0.124. The quantitative estimate of drug-likeness (QED) is 0.602. The first-order valence-electron chi connectivity index (χ1n) is 10.7. The Labute approximate surface area is 196 Å². The molecule has 1 N–H and O–H groups in total. The van der Waals surface area contributed by atoms with Gasteiger partial charge in [-0.05, 0) is 43.2 Å². The van der Waals surface area contributed by atoms with Crippen molar-refractivity contribution in [3.63, 3.8) is 0 Å². The smallest absolute Gasteiger partial charge is 0.263 e. The van der Waals surface area contributed by atoms with Crippen LogP contribution in [0.2, 0.25) is 0 Å². The van der Waals surface area contributed by atoms with Gasteiger partial charge in [-0.15, -0.1) is 0 Å². The highest BCUT2D eigenvalue weighted by molar-refractivity contribution is 8.14. The van der Waals surface area contributed by atoms with Crippen molar-refractivity contribution in [1.29, 1.82) is 0 Å². The molecule has 7 heteroatoms. The van der Waals surface area contributed by atoms with Crippen molar-refractivity contribution >= 4 is 46.0 Å². The van der Waals surface area contributed by atoms with Crippen molar-refractivity contribution in [2.45, 2.75) is 19.9 Å². The number of amidine groups is 2. The van der Waals surface area contributed by atoms with Gasteiger partial charge in [0.2, 0.25) is 5.91 Å². The number of nitrogens with zero attached hydrogens (tertiary/aromatic N) is 3. The minimum Gasteiger partial charge on any atom is -0.325 e. The Hall–Kier alpha value is -3.71. The summed E-state index contributed by atoms with van der Waals surface area (Å²) in [6.45, 7) is 3.98. The van der Waals surface area contributed by atoms with Crippen molar-refractivity contribution in [2.75, 3.05) is 11.1 Å². The summed E-state index contributed by atoms with van der Waals surface area (Å²) in [6, 6.07) is 22.4. The molecule has 2 aliphatic rings. The van der Waals surface area contributed by atoms with Crippen LogP contribution in [0.4, 0.5) is 11.4 Å². The zero-order valence-corrected chi connectivity index (χ0v) is 19.1. The van der Waals surface area contributed by atoms with Crippen molar-refractivity contribution in [3.8, 4) is 0 Å². The molecule has 0 radical (unpaired) electrons. The van der Waals surface area contributed by atoms with Crippen LogP contribution >= 0.6 is 11.8 Å². The number of hydrogen-bond donors (Lipinski definition) is 1. The summed E-state index contributed by atoms with van der Waals surface area (Å²) in [7, 11) is 0. The predicted octanol–water partition coefficient (Wildman–Crippen LogP) is 5.01. The highest BCUT2D eigenvalue weighted by Gasteiger charge is 2.42. The van der Waals surface area contributed by atoms with E-state index in [9.17, 15) is 9.59 Å². The topological polar surface area (TPSA) is 74.1 Å². The van der Waals surface area contributed by atoms with E-state index >= 15 is 0 Å². The van der Waals surface area contributed by atoms with Gasteiger partial charge in [-0.1, -0.05) is 71.9 Å². The van der Waals surface area contributed by atoms with Gasteiger partial charge < -0.3 is 5.32 Å². The Morgan fingerprint density at radius 3 is 2.58 bits per heavy atom. The summed E-state index contributed by atoms with van der Waals surface area (Å²) < 4.78 is 0. The second-order valence-corrected chi connectivity index (χ2v) is 8.95. The second kappa shape index (κ2) is 8.67. The van der Waals surface area contributed by atoms with Gasteiger partial charge in [-0.25, -0.2) is 14.9 Å². The highest BCUT2D eigenvalue weighted by atomic mass is 32.2. The molecule has 0 bridgehead atoms. The van der Waals surface area contributed by atoms with Crippen LogP contribution in [-0.2, 0) is 9.59 Å². The zero-order chi connectivity index (χ0) is 22.9. The van der Waals surface area contributed by atoms with Gasteiger partial charge in [-0.3, -0.25) is 9.59 Å². The number of carbonyl (C=O) groups excluding carboxylic acids is 2. The van der Waals surface area contributed by atoms with E-state index in [1.807, 2.05) is 86.6 Å². The van der Waals surface area contributed by atoms with Crippen molar-refractivity contribution in [1.82, 2.24) is 4.90 Å². The SMILES string of the molecule is Cc1ccc(NC(=O)CSC2=Nc3ccccc3C3=N[C@@H](c4ccccc4)C(=O)N23)c(C)c1. The van der Waals surface area contributed by atoms with E-state index < -0.39 is 6.04 Å². The fourth-order valence-electron chi connectivity index (χ4n) is 3.97. The van der Waals surface area contributed by atoms with E-state index in [1.165, 1.54) is 11.8 Å². The standard InChI is InChI=1S/C26H22N4O2S/c1-16-12-13-20(17(2)14-16)27-22(31)15-33-26-28-21-11-7-6-10-19(21)24-29-23(25(32)30(24)26)18-8-4-3-5-9-18/h3-14,23H,15H2,1-2H3,(H,27,31)/t23-/m0/s1. The van der Waals surface area contributed by atoms with E-state index in [-0.39, 0.29) is 17.6 Å². The third-order valence-electron chi connectivity index (χ3n) is 5.57. The van der Waals surface area contributed by atoms with Gasteiger partial charge in [0.1, 0.15) is 5.84 Å². The maximum atomic E-state index is 13.4. The molecular formula is C26H22N4O2S. The molecule has 164 valence electrons. The Bertz CT molecular complexity index is 1320. The maximum Gasteiger partial charge on any atom is 0.263 e. The minimum absolute atomic E-state index is 0.126. The molecule has 0 fully saturated rings. The Morgan fingerprint density at radius 2 is 1.79 bits per heavy atom. The molecular weight excluding hydrogens is 432 g/mol. The normalized spacial score (nSPS) is 16.6. The molecule has 3 aromatic carbocycles. The van der Waals surface area contributed by atoms with Crippen molar-refractivity contribution in [3.05, 3.63) is 95.1 Å². The van der Waals surface area contributed by atoms with Crippen molar-refractivity contribution in [2.24, 2.45) is 9.98 Å². The number of carbonyl (C=O) groups is 2. The van der Waals surface area contributed by atoms with Gasteiger partial charge in [-0.2, -0.15) is 0 Å². The number of benzene rings is 3. The van der Waals surface area contributed by atoms with Crippen LogP contribution in [0.25, 0.3) is 0 Å². The summed E-state index contributed by atoms with van der Waals surface area (Å²) in [6.07, 6.45) is 0. The monoisotopic (exact) mass is 454 g/mol. The first-order valence-corrected chi connectivity index (χ1v) is 11.6. The molecule has 0 spiro atoms. The number of para-hydroxylation sites is 1. The molecule has 0 saturated carbocycles. The van der Waals surface area contributed by atoms with Crippen LogP contribution in [-0.4, -0.2) is 33.5 Å². The number of hydrogen-bond acceptors (Lipinski definition) is 5. The largest absolute Gasteiger partial charge is 0.325 e. The second-order valence-electron chi connectivity index (χ2n) is 8.01. The average Bonchev–Trinajstić information content (AvgIpc) is 3.17. The van der Waals surface area contributed by atoms with Gasteiger partial charge >= 0.3 is 0 Å². The summed E-state index contributed by atoms with van der Waals surface area (Å²) in [5.41, 5.74) is 5.32. The van der Waals surface area contributed by atoms with E-state index in [4.69, 9.17) is 9.98 Å². The lowest BCUT2D eigenvalue weighted by Crippen LogP contribution is -2.40. The van der Waals surface area contributed by atoms with Gasteiger partial charge in [0, 0.05) is 11.3 Å². The molecule has 2 heterocycles. The van der Waals surface area contributed by atoms with E-state index in [2.05, 4.69) is 5.32 Å². The predicted molar refractivity (Wildman–Crippen MR) is 133 cm³/mol. The van der Waals surface area contributed by atoms with Gasteiger partial charge in [0.15, 0.2) is 11.2 Å². The molecule has 1 atom stereocenters. The first-order chi connectivity index (χ1) is 16.0.